The molecule has 0 spiro atoms. The number of aliphatic carboxylic acids is 1. The van der Waals surface area contributed by atoms with Gasteiger partial charge in [-0.1, -0.05) is 6.92 Å². The number of methoxy groups -OCH3 is 1. The Balaban J connectivity index is 1.70. The van der Waals surface area contributed by atoms with Crippen LogP contribution >= 0.6 is 0 Å². The monoisotopic (exact) mass is 487 g/mol. The summed E-state index contributed by atoms with van der Waals surface area (Å²) in [5, 5.41) is 30.9. The number of carbonyl (C=O) groups is 3. The fourth-order valence-electron chi connectivity index (χ4n) is 4.85. The van der Waals surface area contributed by atoms with Crippen molar-refractivity contribution in [3.05, 3.63) is 34.1 Å². The van der Waals surface area contributed by atoms with Crippen molar-refractivity contribution in [2.24, 2.45) is 5.92 Å². The van der Waals surface area contributed by atoms with E-state index in [2.05, 4.69) is 5.32 Å². The van der Waals surface area contributed by atoms with Crippen LogP contribution in [0.4, 0.5) is 5.69 Å². The number of amides is 1. The molecular formula is C24H29N3O8. The summed E-state index contributed by atoms with van der Waals surface area (Å²) in [5.74, 6) is -2.63. The number of benzene rings is 1. The zero-order valence-corrected chi connectivity index (χ0v) is 19.6. The molecule has 2 heterocycles. The second kappa shape index (κ2) is 9.57. The summed E-state index contributed by atoms with van der Waals surface area (Å²) in [6.45, 7) is 3.11. The SMILES string of the molecule is COc1c(N2C[C@@H](C)C[C@@H](NC(=O)C[C@@H](O)C(=O)O)C2)ccc2c(=O)c(C(=O)O)cn(C3CC3)c12. The van der Waals surface area contributed by atoms with Crippen LogP contribution in [0.15, 0.2) is 23.1 Å². The Kier molecular flexibility index (Phi) is 6.70. The van der Waals surface area contributed by atoms with E-state index in [-0.39, 0.29) is 29.0 Å². The first-order valence-corrected chi connectivity index (χ1v) is 11.5. The average Bonchev–Trinajstić information content (AvgIpc) is 3.63. The maximum Gasteiger partial charge on any atom is 0.341 e. The van der Waals surface area contributed by atoms with Crippen molar-refractivity contribution in [1.29, 1.82) is 0 Å². The highest BCUT2D eigenvalue weighted by Gasteiger charge is 2.32. The number of carboxylic acid groups (broad SMARTS) is 2. The highest BCUT2D eigenvalue weighted by Crippen LogP contribution is 2.43. The van der Waals surface area contributed by atoms with Gasteiger partial charge in [0.1, 0.15) is 5.56 Å². The molecule has 4 rings (SSSR count). The van der Waals surface area contributed by atoms with E-state index in [1.165, 1.54) is 13.3 Å². The van der Waals surface area contributed by atoms with Gasteiger partial charge >= 0.3 is 11.9 Å². The van der Waals surface area contributed by atoms with Gasteiger partial charge in [0.2, 0.25) is 11.3 Å². The molecule has 11 heteroatoms. The van der Waals surface area contributed by atoms with Crippen molar-refractivity contribution in [2.75, 3.05) is 25.1 Å². The normalized spacial score (nSPS) is 20.9. The number of piperidine rings is 1. The van der Waals surface area contributed by atoms with E-state index in [9.17, 15) is 29.4 Å². The number of aliphatic hydroxyl groups excluding tert-OH is 1. The summed E-state index contributed by atoms with van der Waals surface area (Å²) >= 11 is 0. The first kappa shape index (κ1) is 24.5. The van der Waals surface area contributed by atoms with Crippen molar-refractivity contribution in [3.63, 3.8) is 0 Å². The number of aromatic nitrogens is 1. The number of hydrogen-bond acceptors (Lipinski definition) is 7. The third-order valence-corrected chi connectivity index (χ3v) is 6.53. The Morgan fingerprint density at radius 3 is 2.51 bits per heavy atom. The zero-order chi connectivity index (χ0) is 25.4. The van der Waals surface area contributed by atoms with Crippen LogP contribution in [0.3, 0.4) is 0 Å². The van der Waals surface area contributed by atoms with Crippen LogP contribution in [-0.2, 0) is 9.59 Å². The number of aliphatic hydroxyl groups is 1. The van der Waals surface area contributed by atoms with Gasteiger partial charge in [-0.05, 0) is 37.3 Å². The quantitative estimate of drug-likeness (QED) is 0.429. The number of rotatable bonds is 8. The summed E-state index contributed by atoms with van der Waals surface area (Å²) in [5.41, 5.74) is 0.416. The lowest BCUT2D eigenvalue weighted by Gasteiger charge is -2.39. The lowest BCUT2D eigenvalue weighted by atomic mass is 9.94. The Hall–Kier alpha value is -3.60. The van der Waals surface area contributed by atoms with E-state index in [1.807, 2.05) is 16.4 Å². The predicted octanol–water partition coefficient (Wildman–Crippen LogP) is 1.21. The summed E-state index contributed by atoms with van der Waals surface area (Å²) < 4.78 is 7.60. The van der Waals surface area contributed by atoms with E-state index < -0.39 is 35.8 Å². The number of carbonyl (C=O) groups excluding carboxylic acids is 1. The van der Waals surface area contributed by atoms with Gasteiger partial charge in [0.15, 0.2) is 11.9 Å². The van der Waals surface area contributed by atoms with Gasteiger partial charge in [-0.3, -0.25) is 9.59 Å². The number of ether oxygens (including phenoxy) is 1. The molecule has 35 heavy (non-hydrogen) atoms. The first-order valence-electron chi connectivity index (χ1n) is 11.5. The number of pyridine rings is 1. The van der Waals surface area contributed by atoms with Crippen molar-refractivity contribution in [3.8, 4) is 5.75 Å². The molecule has 2 aromatic rings. The first-order chi connectivity index (χ1) is 16.6. The largest absolute Gasteiger partial charge is 0.492 e. The molecule has 0 bridgehead atoms. The third-order valence-electron chi connectivity index (χ3n) is 6.53. The van der Waals surface area contributed by atoms with Gasteiger partial charge in [0.05, 0.1) is 30.1 Å². The summed E-state index contributed by atoms with van der Waals surface area (Å²) in [6, 6.07) is 3.16. The Labute approximate surface area is 200 Å². The highest BCUT2D eigenvalue weighted by molar-refractivity contribution is 5.97. The summed E-state index contributed by atoms with van der Waals surface area (Å²) in [4.78, 5) is 49.7. The van der Waals surface area contributed by atoms with E-state index in [1.54, 1.807) is 12.1 Å². The fraction of sp³-hybridized carbons (Fsp3) is 0.500. The smallest absolute Gasteiger partial charge is 0.341 e. The van der Waals surface area contributed by atoms with E-state index >= 15 is 0 Å². The number of nitrogens with one attached hydrogen (secondary N) is 1. The van der Waals surface area contributed by atoms with Crippen molar-refractivity contribution in [2.45, 2.75) is 50.8 Å². The topological polar surface area (TPSA) is 158 Å². The number of fused-ring (bicyclic) bond motifs is 1. The summed E-state index contributed by atoms with van der Waals surface area (Å²) in [7, 11) is 1.50. The lowest BCUT2D eigenvalue weighted by Crippen LogP contribution is -2.51. The molecule has 0 radical (unpaired) electrons. The van der Waals surface area contributed by atoms with Crippen LogP contribution < -0.4 is 20.4 Å². The van der Waals surface area contributed by atoms with E-state index in [0.717, 1.165) is 12.8 Å². The average molecular weight is 488 g/mol. The number of carboxylic acids is 2. The van der Waals surface area contributed by atoms with Gasteiger partial charge in [-0.15, -0.1) is 0 Å². The molecule has 11 nitrogen and oxygen atoms in total. The van der Waals surface area contributed by atoms with E-state index in [0.29, 0.717) is 36.5 Å². The lowest BCUT2D eigenvalue weighted by molar-refractivity contribution is -0.149. The van der Waals surface area contributed by atoms with E-state index in [4.69, 9.17) is 9.84 Å². The van der Waals surface area contributed by atoms with Crippen molar-refractivity contribution < 1.29 is 34.4 Å². The predicted molar refractivity (Wildman–Crippen MR) is 126 cm³/mol. The number of hydrogen-bond donors (Lipinski definition) is 4. The Bertz CT molecular complexity index is 1240. The third kappa shape index (κ3) is 4.95. The van der Waals surface area contributed by atoms with Crippen molar-refractivity contribution in [1.82, 2.24) is 9.88 Å². The van der Waals surface area contributed by atoms with Gasteiger partial charge in [0.25, 0.3) is 0 Å². The van der Waals surface area contributed by atoms with Crippen LogP contribution in [-0.4, -0.2) is 70.1 Å². The van der Waals surface area contributed by atoms with Gasteiger partial charge < -0.3 is 34.8 Å². The fourth-order valence-corrected chi connectivity index (χ4v) is 4.85. The standard InChI is InChI=1S/C24H29N3O8/c1-12-7-13(25-19(29)8-18(28)24(33)34)10-26(9-12)17-6-5-15-20(22(17)35-2)27(14-3-4-14)11-16(21(15)30)23(31)32/h5-6,11-14,18,28H,3-4,7-10H2,1-2H3,(H,25,29)(H,31,32)(H,33,34)/t12-,13+,18+/m0/s1. The minimum atomic E-state index is -1.76. The molecule has 1 aromatic carbocycles. The van der Waals surface area contributed by atoms with Crippen LogP contribution in [0.1, 0.15) is 49.0 Å². The second-order valence-corrected chi connectivity index (χ2v) is 9.40. The molecule has 188 valence electrons. The van der Waals surface area contributed by atoms with Crippen LogP contribution in [0.5, 0.6) is 5.75 Å². The highest BCUT2D eigenvalue weighted by atomic mass is 16.5. The second-order valence-electron chi connectivity index (χ2n) is 9.40. The molecule has 1 saturated heterocycles. The zero-order valence-electron chi connectivity index (χ0n) is 19.6. The molecule has 4 N–H and O–H groups in total. The molecule has 2 fully saturated rings. The minimum absolute atomic E-state index is 0.0910. The van der Waals surface area contributed by atoms with Gasteiger partial charge in [-0.2, -0.15) is 0 Å². The molecule has 1 aliphatic carbocycles. The maximum atomic E-state index is 12.9. The minimum Gasteiger partial charge on any atom is -0.492 e. The molecule has 2 aliphatic rings. The molecular weight excluding hydrogens is 458 g/mol. The van der Waals surface area contributed by atoms with Crippen molar-refractivity contribution >= 4 is 34.4 Å². The summed E-state index contributed by atoms with van der Waals surface area (Å²) in [6.07, 6.45) is 1.53. The number of anilines is 1. The number of aromatic carboxylic acids is 1. The number of nitrogens with zero attached hydrogens (tertiary/aromatic N) is 2. The van der Waals surface area contributed by atoms with Crippen LogP contribution in [0, 0.1) is 5.92 Å². The molecule has 3 atom stereocenters. The van der Waals surface area contributed by atoms with Gasteiger partial charge in [-0.25, -0.2) is 9.59 Å². The maximum absolute atomic E-state index is 12.9. The van der Waals surface area contributed by atoms with Gasteiger partial charge in [0, 0.05) is 31.4 Å². The van der Waals surface area contributed by atoms with Crippen LogP contribution in [0.2, 0.25) is 0 Å². The molecule has 1 aliphatic heterocycles. The molecule has 1 aromatic heterocycles. The Morgan fingerprint density at radius 2 is 1.91 bits per heavy atom. The molecule has 1 saturated carbocycles. The molecule has 0 unspecified atom stereocenters. The molecule has 1 amide bonds. The Morgan fingerprint density at radius 1 is 1.20 bits per heavy atom. The van der Waals surface area contributed by atoms with Crippen LogP contribution in [0.25, 0.3) is 10.9 Å².